The molecule has 0 aliphatic carbocycles. The number of nitrogens with one attached hydrogen (secondary N) is 1. The van der Waals surface area contributed by atoms with Crippen LogP contribution in [0, 0.1) is 17.0 Å². The van der Waals surface area contributed by atoms with Crippen molar-refractivity contribution < 1.29 is 14.5 Å². The van der Waals surface area contributed by atoms with Gasteiger partial charge in [0.2, 0.25) is 0 Å². The highest BCUT2D eigenvalue weighted by atomic mass is 32.1. The molecule has 134 valence electrons. The van der Waals surface area contributed by atoms with Gasteiger partial charge >= 0.3 is 0 Å². The number of hydrogen-bond acceptors (Lipinski definition) is 6. The maximum Gasteiger partial charge on any atom is 0.273 e. The van der Waals surface area contributed by atoms with E-state index in [2.05, 4.69) is 17.2 Å². The molecule has 0 fully saturated rings. The standard InChI is InChI=1S/C17H21N3O4S/c1-3-6-15-16(25-12(2)19-15)17(21)18-9-5-10-24-14-8-4-7-13(11-14)20(22)23/h4,7-8,11H,3,5-6,9-10H2,1-2H3,(H,18,21). The quantitative estimate of drug-likeness (QED) is 0.418. The fourth-order valence-corrected chi connectivity index (χ4v) is 3.17. The number of rotatable bonds is 9. The summed E-state index contributed by atoms with van der Waals surface area (Å²) in [4.78, 5) is 27.6. The molecule has 1 amide bonds. The van der Waals surface area contributed by atoms with Crippen molar-refractivity contribution in [3.8, 4) is 5.75 Å². The van der Waals surface area contributed by atoms with Crippen LogP contribution in [0.5, 0.6) is 5.75 Å². The minimum atomic E-state index is -0.460. The maximum absolute atomic E-state index is 12.2. The Labute approximate surface area is 150 Å². The number of hydrogen-bond donors (Lipinski definition) is 1. The van der Waals surface area contributed by atoms with Gasteiger partial charge in [0.15, 0.2) is 0 Å². The van der Waals surface area contributed by atoms with E-state index in [-0.39, 0.29) is 11.6 Å². The lowest BCUT2D eigenvalue weighted by Crippen LogP contribution is -2.25. The highest BCUT2D eigenvalue weighted by Crippen LogP contribution is 2.20. The summed E-state index contributed by atoms with van der Waals surface area (Å²) in [6.07, 6.45) is 2.35. The molecular weight excluding hydrogens is 342 g/mol. The third kappa shape index (κ3) is 5.53. The molecule has 25 heavy (non-hydrogen) atoms. The van der Waals surface area contributed by atoms with Gasteiger partial charge in [0, 0.05) is 12.6 Å². The van der Waals surface area contributed by atoms with Crippen LogP contribution in [0.1, 0.15) is 40.1 Å². The molecular formula is C17H21N3O4S. The van der Waals surface area contributed by atoms with Gasteiger partial charge in [-0.05, 0) is 25.8 Å². The van der Waals surface area contributed by atoms with Crippen LogP contribution in [-0.4, -0.2) is 29.0 Å². The fourth-order valence-electron chi connectivity index (χ4n) is 2.29. The zero-order chi connectivity index (χ0) is 18.2. The first-order valence-electron chi connectivity index (χ1n) is 8.13. The Kier molecular flexibility index (Phi) is 6.88. The summed E-state index contributed by atoms with van der Waals surface area (Å²) in [5.41, 5.74) is 0.852. The van der Waals surface area contributed by atoms with Crippen LogP contribution in [0.3, 0.4) is 0 Å². The molecule has 1 N–H and O–H groups in total. The van der Waals surface area contributed by atoms with E-state index in [4.69, 9.17) is 4.74 Å². The average molecular weight is 363 g/mol. The lowest BCUT2D eigenvalue weighted by molar-refractivity contribution is -0.384. The second-order valence-electron chi connectivity index (χ2n) is 5.47. The van der Waals surface area contributed by atoms with Gasteiger partial charge in [0.25, 0.3) is 11.6 Å². The molecule has 1 aromatic carbocycles. The Balaban J connectivity index is 1.77. The zero-order valence-corrected chi connectivity index (χ0v) is 15.1. The van der Waals surface area contributed by atoms with Crippen LogP contribution in [0.2, 0.25) is 0 Å². The monoisotopic (exact) mass is 363 g/mol. The number of aromatic nitrogens is 1. The summed E-state index contributed by atoms with van der Waals surface area (Å²) in [6, 6.07) is 6.05. The van der Waals surface area contributed by atoms with Crippen LogP contribution in [-0.2, 0) is 6.42 Å². The Morgan fingerprint density at radius 1 is 1.44 bits per heavy atom. The van der Waals surface area contributed by atoms with Crippen molar-refractivity contribution in [2.45, 2.75) is 33.1 Å². The summed E-state index contributed by atoms with van der Waals surface area (Å²) in [5.74, 6) is 0.341. The Morgan fingerprint density at radius 2 is 2.24 bits per heavy atom. The van der Waals surface area contributed by atoms with Crippen molar-refractivity contribution in [1.29, 1.82) is 0 Å². The summed E-state index contributed by atoms with van der Waals surface area (Å²) in [6.45, 7) is 4.79. The number of non-ortho nitro benzene ring substituents is 1. The lowest BCUT2D eigenvalue weighted by Gasteiger charge is -2.07. The minimum Gasteiger partial charge on any atom is -0.493 e. The number of carbonyl (C=O) groups is 1. The summed E-state index contributed by atoms with van der Waals surface area (Å²) < 4.78 is 5.49. The van der Waals surface area contributed by atoms with E-state index in [9.17, 15) is 14.9 Å². The Morgan fingerprint density at radius 3 is 2.96 bits per heavy atom. The van der Waals surface area contributed by atoms with Crippen LogP contribution < -0.4 is 10.1 Å². The highest BCUT2D eigenvalue weighted by Gasteiger charge is 2.15. The van der Waals surface area contributed by atoms with Gasteiger partial charge < -0.3 is 10.1 Å². The van der Waals surface area contributed by atoms with Crippen LogP contribution in [0.4, 0.5) is 5.69 Å². The number of carbonyl (C=O) groups excluding carboxylic acids is 1. The van der Waals surface area contributed by atoms with E-state index in [1.54, 1.807) is 12.1 Å². The number of thiazole rings is 1. The molecule has 0 bridgehead atoms. The second-order valence-corrected chi connectivity index (χ2v) is 6.67. The van der Waals surface area contributed by atoms with Crippen LogP contribution in [0.15, 0.2) is 24.3 Å². The molecule has 0 radical (unpaired) electrons. The number of ether oxygens (including phenoxy) is 1. The van der Waals surface area contributed by atoms with Gasteiger partial charge in [0.05, 0.1) is 28.3 Å². The Bertz CT molecular complexity index is 745. The zero-order valence-electron chi connectivity index (χ0n) is 14.3. The lowest BCUT2D eigenvalue weighted by atomic mass is 10.2. The van der Waals surface area contributed by atoms with E-state index < -0.39 is 4.92 Å². The van der Waals surface area contributed by atoms with E-state index >= 15 is 0 Å². The normalized spacial score (nSPS) is 10.5. The molecule has 7 nitrogen and oxygen atoms in total. The smallest absolute Gasteiger partial charge is 0.273 e. The largest absolute Gasteiger partial charge is 0.493 e. The number of benzene rings is 1. The van der Waals surface area contributed by atoms with E-state index in [1.165, 1.54) is 23.5 Å². The van der Waals surface area contributed by atoms with Crippen molar-refractivity contribution in [2.75, 3.05) is 13.2 Å². The SMILES string of the molecule is CCCc1nc(C)sc1C(=O)NCCCOc1cccc([N+](=O)[O-])c1. The summed E-state index contributed by atoms with van der Waals surface area (Å²) in [7, 11) is 0. The fraction of sp³-hybridized carbons (Fsp3) is 0.412. The number of nitro benzene ring substituents is 1. The van der Waals surface area contributed by atoms with Crippen molar-refractivity contribution in [2.24, 2.45) is 0 Å². The van der Waals surface area contributed by atoms with Crippen molar-refractivity contribution in [3.05, 3.63) is 50.0 Å². The van der Waals surface area contributed by atoms with E-state index in [0.717, 1.165) is 23.5 Å². The molecule has 1 aromatic heterocycles. The molecule has 0 saturated heterocycles. The molecule has 2 rings (SSSR count). The summed E-state index contributed by atoms with van der Waals surface area (Å²) >= 11 is 1.41. The molecule has 2 aromatic rings. The van der Waals surface area contributed by atoms with Gasteiger partial charge in [-0.2, -0.15) is 0 Å². The van der Waals surface area contributed by atoms with Crippen LogP contribution in [0.25, 0.3) is 0 Å². The van der Waals surface area contributed by atoms with Crippen molar-refractivity contribution >= 4 is 22.9 Å². The molecule has 0 aliphatic rings. The van der Waals surface area contributed by atoms with Gasteiger partial charge in [0.1, 0.15) is 10.6 Å². The molecule has 0 aliphatic heterocycles. The number of aryl methyl sites for hydroxylation is 2. The predicted molar refractivity (Wildman–Crippen MR) is 96.4 cm³/mol. The topological polar surface area (TPSA) is 94.4 Å². The van der Waals surface area contributed by atoms with E-state index in [0.29, 0.717) is 30.2 Å². The molecule has 1 heterocycles. The highest BCUT2D eigenvalue weighted by molar-refractivity contribution is 7.13. The number of amides is 1. The first-order valence-corrected chi connectivity index (χ1v) is 8.94. The Hall–Kier alpha value is -2.48. The van der Waals surface area contributed by atoms with E-state index in [1.807, 2.05) is 6.92 Å². The van der Waals surface area contributed by atoms with Gasteiger partial charge in [-0.3, -0.25) is 14.9 Å². The molecule has 0 saturated carbocycles. The third-order valence-corrected chi connectivity index (χ3v) is 4.41. The maximum atomic E-state index is 12.2. The number of nitrogens with zero attached hydrogens (tertiary/aromatic N) is 2. The number of nitro groups is 1. The molecule has 8 heteroatoms. The first kappa shape index (κ1) is 18.9. The molecule has 0 spiro atoms. The van der Waals surface area contributed by atoms with Gasteiger partial charge in [-0.1, -0.05) is 19.4 Å². The molecule has 0 atom stereocenters. The van der Waals surface area contributed by atoms with Crippen molar-refractivity contribution in [3.63, 3.8) is 0 Å². The minimum absolute atomic E-state index is 0.00479. The van der Waals surface area contributed by atoms with Crippen molar-refractivity contribution in [1.82, 2.24) is 10.3 Å². The van der Waals surface area contributed by atoms with Gasteiger partial charge in [-0.15, -0.1) is 11.3 Å². The summed E-state index contributed by atoms with van der Waals surface area (Å²) in [5, 5.41) is 14.5. The predicted octanol–water partition coefficient (Wildman–Crippen LogP) is 3.51. The van der Waals surface area contributed by atoms with Crippen LogP contribution >= 0.6 is 11.3 Å². The first-order chi connectivity index (χ1) is 12.0. The van der Waals surface area contributed by atoms with Gasteiger partial charge in [-0.25, -0.2) is 4.98 Å². The third-order valence-electron chi connectivity index (χ3n) is 3.40. The second kappa shape index (κ2) is 9.12. The average Bonchev–Trinajstić information content (AvgIpc) is 2.95. The molecule has 0 unspecified atom stereocenters.